The monoisotopic (exact) mass is 616 g/mol. The molecule has 4 rings (SSSR count). The van der Waals surface area contributed by atoms with E-state index in [0.29, 0.717) is 41.3 Å². The van der Waals surface area contributed by atoms with Crippen LogP contribution in [0.3, 0.4) is 0 Å². The van der Waals surface area contributed by atoms with Gasteiger partial charge in [-0.2, -0.15) is 0 Å². The first-order valence-electron chi connectivity index (χ1n) is 13.3. The number of nitrogens with two attached hydrogens (primary N) is 1. The molecule has 0 saturated heterocycles. The fraction of sp³-hybridized carbons (Fsp3) is 0.281. The van der Waals surface area contributed by atoms with Crippen LogP contribution in [-0.4, -0.2) is 37.1 Å². The van der Waals surface area contributed by atoms with Crippen LogP contribution in [0.4, 0.5) is 13.2 Å². The lowest BCUT2D eigenvalue weighted by atomic mass is 10.0. The molecule has 3 aromatic rings. The summed E-state index contributed by atoms with van der Waals surface area (Å²) in [5, 5.41) is 1.09. The van der Waals surface area contributed by atoms with Gasteiger partial charge in [-0.25, -0.2) is 24.1 Å². The quantitative estimate of drug-likeness (QED) is 0.192. The highest BCUT2D eigenvalue weighted by Crippen LogP contribution is 2.21. The molecule has 232 valence electrons. The molecule has 2 heterocycles. The first-order valence-corrected chi connectivity index (χ1v) is 13.9. The van der Waals surface area contributed by atoms with Crippen LogP contribution in [0.15, 0.2) is 88.8 Å². The smallest absolute Gasteiger partial charge is 0.263 e. The van der Waals surface area contributed by atoms with Crippen molar-refractivity contribution in [3.05, 3.63) is 112 Å². The molecule has 1 aliphatic heterocycles. The molecule has 0 amide bonds. The number of alkyl halides is 3. The number of rotatable bonds is 8. The molecule has 3 N–H and O–H groups in total. The number of hydrogen-bond donors (Lipinski definition) is 2. The molecule has 11 heteroatoms. The number of aromatic nitrogens is 1. The van der Waals surface area contributed by atoms with Crippen LogP contribution >= 0.6 is 9.24 Å². The average Bonchev–Trinajstić information content (AvgIpc) is 3.46. The van der Waals surface area contributed by atoms with E-state index in [2.05, 4.69) is 32.0 Å². The van der Waals surface area contributed by atoms with Gasteiger partial charge in [0.15, 0.2) is 17.5 Å². The average molecular weight is 617 g/mol. The molecule has 1 aliphatic rings. The topological polar surface area (TPSA) is 98.7 Å². The van der Waals surface area contributed by atoms with E-state index >= 15 is 0 Å². The molecular weight excluding hydrogens is 576 g/mol. The van der Waals surface area contributed by atoms with E-state index in [9.17, 15) is 22.8 Å². The number of carbonyl (C=O) groups is 1. The molecule has 0 aliphatic carbocycles. The standard InChI is InChI=1S/C22H20F2N3O3P.C8H12.CH3F.CH5N/c1-12-25-22(26-30-12)17-11-27(10-15-4-3-14(21(23)24)9-19(15)31)18-5-2-13(6-7-28)8-16(18)20(17)29;1-4-6-7-8(3)5-2;2*1-2/h2-5,7-9,11-12,21H,6,10,31H2,1H3,(H,25,26);4-7H,2H2,1,3H3;1H3;2H2,1H3/b;6-4-,8-7-;;. The van der Waals surface area contributed by atoms with E-state index in [1.165, 1.54) is 24.8 Å². The zero-order valence-corrected chi connectivity index (χ0v) is 26.3. The summed E-state index contributed by atoms with van der Waals surface area (Å²) in [5.74, 6) is 0.327. The molecule has 0 saturated carbocycles. The molecule has 0 spiro atoms. The van der Waals surface area contributed by atoms with Gasteiger partial charge >= 0.3 is 0 Å². The van der Waals surface area contributed by atoms with Gasteiger partial charge in [-0.3, -0.25) is 9.18 Å². The zero-order chi connectivity index (χ0) is 32.5. The maximum Gasteiger partial charge on any atom is 0.263 e. The van der Waals surface area contributed by atoms with Crippen molar-refractivity contribution >= 4 is 37.6 Å². The first kappa shape index (κ1) is 37.2. The predicted octanol–water partition coefficient (Wildman–Crippen LogP) is 5.71. The van der Waals surface area contributed by atoms with Crippen LogP contribution in [0, 0.1) is 0 Å². The summed E-state index contributed by atoms with van der Waals surface area (Å²) in [6.45, 7) is 9.72. The predicted molar refractivity (Wildman–Crippen MR) is 174 cm³/mol. The number of nitrogens with zero attached hydrogens (tertiary/aromatic N) is 2. The highest BCUT2D eigenvalue weighted by Gasteiger charge is 2.20. The van der Waals surface area contributed by atoms with Gasteiger partial charge in [0.1, 0.15) is 6.29 Å². The lowest BCUT2D eigenvalue weighted by Gasteiger charge is -2.16. The van der Waals surface area contributed by atoms with E-state index in [1.54, 1.807) is 37.4 Å². The van der Waals surface area contributed by atoms with Crippen molar-refractivity contribution < 1.29 is 22.8 Å². The minimum absolute atomic E-state index is 0.0478. The molecule has 0 fully saturated rings. The number of allylic oxidation sites excluding steroid dienone is 5. The molecule has 1 aromatic heterocycles. The molecule has 2 unspecified atom stereocenters. The third kappa shape index (κ3) is 10.7. The minimum Gasteiger partial charge on any atom is -0.342 e. The van der Waals surface area contributed by atoms with Gasteiger partial charge in [0.25, 0.3) is 6.43 Å². The number of pyridine rings is 1. The van der Waals surface area contributed by atoms with Crippen molar-refractivity contribution in [3.63, 3.8) is 0 Å². The van der Waals surface area contributed by atoms with Crippen molar-refractivity contribution in [2.24, 2.45) is 10.7 Å². The number of amidine groups is 1. The number of benzene rings is 2. The minimum atomic E-state index is -2.54. The Hall–Kier alpha value is -3.85. The van der Waals surface area contributed by atoms with Crippen molar-refractivity contribution in [1.82, 2.24) is 10.0 Å². The Labute approximate surface area is 253 Å². The summed E-state index contributed by atoms with van der Waals surface area (Å²) >= 11 is 0. The van der Waals surface area contributed by atoms with Crippen LogP contribution in [0.25, 0.3) is 10.9 Å². The lowest BCUT2D eigenvalue weighted by molar-refractivity contribution is -0.107. The second-order valence-corrected chi connectivity index (χ2v) is 9.54. The van der Waals surface area contributed by atoms with Crippen LogP contribution in [0.2, 0.25) is 0 Å². The lowest BCUT2D eigenvalue weighted by Crippen LogP contribution is -2.27. The highest BCUT2D eigenvalue weighted by molar-refractivity contribution is 7.27. The zero-order valence-electron chi connectivity index (χ0n) is 25.1. The molecule has 43 heavy (non-hydrogen) atoms. The Bertz CT molecular complexity index is 1520. The number of carbonyl (C=O) groups excluding carboxylic acids is 1. The van der Waals surface area contributed by atoms with Crippen LogP contribution in [0.5, 0.6) is 0 Å². The summed E-state index contributed by atoms with van der Waals surface area (Å²) in [6, 6.07) is 9.79. The molecule has 2 atom stereocenters. The Morgan fingerprint density at radius 1 is 1.23 bits per heavy atom. The molecule has 2 aromatic carbocycles. The molecule has 0 bridgehead atoms. The summed E-state index contributed by atoms with van der Waals surface area (Å²) in [4.78, 5) is 33.7. The first-order chi connectivity index (χ1) is 20.7. The van der Waals surface area contributed by atoms with E-state index in [0.717, 1.165) is 17.4 Å². The van der Waals surface area contributed by atoms with Crippen molar-refractivity contribution in [1.29, 1.82) is 0 Å². The molecule has 7 nitrogen and oxygen atoms in total. The van der Waals surface area contributed by atoms with Gasteiger partial charge in [-0.15, -0.1) is 9.24 Å². The van der Waals surface area contributed by atoms with Crippen LogP contribution < -0.4 is 21.9 Å². The second kappa shape index (κ2) is 19.4. The van der Waals surface area contributed by atoms with Gasteiger partial charge in [-0.1, -0.05) is 54.7 Å². The van der Waals surface area contributed by atoms with Gasteiger partial charge in [0, 0.05) is 30.1 Å². The summed E-state index contributed by atoms with van der Waals surface area (Å²) in [5.41, 5.74) is 10.6. The Morgan fingerprint density at radius 2 is 1.93 bits per heavy atom. The van der Waals surface area contributed by atoms with E-state index < -0.39 is 12.7 Å². The summed E-state index contributed by atoms with van der Waals surface area (Å²) in [7, 11) is 4.49. The number of hydroxylamine groups is 1. The van der Waals surface area contributed by atoms with Crippen molar-refractivity contribution in [2.45, 2.75) is 46.4 Å². The normalized spacial score (nSPS) is 14.1. The van der Waals surface area contributed by atoms with E-state index in [-0.39, 0.29) is 17.4 Å². The molecule has 0 radical (unpaired) electrons. The Balaban J connectivity index is 0.000000663. The number of fused-ring (bicyclic) bond motifs is 1. The number of aliphatic imine (C=N–C) groups is 1. The third-order valence-electron chi connectivity index (χ3n) is 5.99. The Kier molecular flexibility index (Phi) is 16.7. The van der Waals surface area contributed by atoms with Crippen molar-refractivity contribution in [3.8, 4) is 0 Å². The van der Waals surface area contributed by atoms with Gasteiger partial charge in [0.05, 0.1) is 18.3 Å². The summed E-state index contributed by atoms with van der Waals surface area (Å²) in [6.07, 6.45) is 7.54. The van der Waals surface area contributed by atoms with Gasteiger partial charge < -0.3 is 15.1 Å². The maximum absolute atomic E-state index is 13.2. The van der Waals surface area contributed by atoms with Crippen molar-refractivity contribution in [2.75, 3.05) is 14.2 Å². The Morgan fingerprint density at radius 3 is 2.47 bits per heavy atom. The van der Waals surface area contributed by atoms with E-state index in [1.807, 2.05) is 42.7 Å². The summed E-state index contributed by atoms with van der Waals surface area (Å²) < 4.78 is 37.4. The highest BCUT2D eigenvalue weighted by atomic mass is 31.0. The second-order valence-electron chi connectivity index (χ2n) is 8.92. The van der Waals surface area contributed by atoms with E-state index in [4.69, 9.17) is 4.84 Å². The molecular formula is C32H40F3N4O3P. The van der Waals surface area contributed by atoms with Crippen LogP contribution in [-0.2, 0) is 22.6 Å². The fourth-order valence-electron chi connectivity index (χ4n) is 3.86. The third-order valence-corrected chi connectivity index (χ3v) is 6.53. The number of halogens is 3. The van der Waals surface area contributed by atoms with Gasteiger partial charge in [0.2, 0.25) is 0 Å². The largest absolute Gasteiger partial charge is 0.342 e. The number of aldehydes is 1. The number of hydrogen-bond acceptors (Lipinski definition) is 6. The number of nitrogens with one attached hydrogen (secondary N) is 1. The SMILES string of the molecule is C=C/C(C)=C\C=C/C.CC1N=C(c2cn(Cc3ccc(C(F)F)cc3P)c3ccc(CC=O)cc3c2=O)NO1.CF.CN. The fourth-order valence-corrected chi connectivity index (χ4v) is 4.24. The van der Waals surface area contributed by atoms with Gasteiger partial charge in [-0.05, 0) is 62.4 Å². The maximum atomic E-state index is 13.2. The van der Waals surface area contributed by atoms with Crippen LogP contribution in [0.1, 0.15) is 49.5 Å².